The monoisotopic (exact) mass is 403 g/mol. The predicted octanol–water partition coefficient (Wildman–Crippen LogP) is 7.49. The molecule has 0 spiro atoms. The molecule has 140 valence electrons. The maximum absolute atomic E-state index is 6.69. The van der Waals surface area contributed by atoms with Gasteiger partial charge in [-0.05, 0) is 46.4 Å². The van der Waals surface area contributed by atoms with E-state index in [2.05, 4.69) is 67.7 Å². The maximum atomic E-state index is 6.69. The van der Waals surface area contributed by atoms with Crippen molar-refractivity contribution in [2.45, 2.75) is 32.6 Å². The Bertz CT molecular complexity index is 1160. The number of halogens is 1. The van der Waals surface area contributed by atoms with E-state index in [1.807, 2.05) is 12.1 Å². The van der Waals surface area contributed by atoms with E-state index in [1.54, 1.807) is 0 Å². The molecule has 0 fully saturated rings. The molecule has 3 aromatic carbocycles. The van der Waals surface area contributed by atoms with Crippen LogP contribution in [0.1, 0.15) is 43.7 Å². The number of benzene rings is 3. The van der Waals surface area contributed by atoms with E-state index in [1.165, 1.54) is 33.3 Å². The third-order valence-electron chi connectivity index (χ3n) is 5.97. The van der Waals surface area contributed by atoms with Crippen LogP contribution in [-0.2, 0) is 0 Å². The Hall–Kier alpha value is -2.16. The number of hydrogen-bond acceptors (Lipinski definition) is 2. The third kappa shape index (κ3) is 2.78. The number of allylic oxidation sites excluding steroid dienone is 2. The fourth-order valence-corrected chi connectivity index (χ4v) is 5.66. The molecule has 0 saturated carbocycles. The fraction of sp³-hybridized carbons (Fsp3) is 0.240. The van der Waals surface area contributed by atoms with Crippen molar-refractivity contribution >= 4 is 45.1 Å². The second kappa shape index (κ2) is 6.43. The van der Waals surface area contributed by atoms with Crippen LogP contribution in [-0.4, -0.2) is 4.86 Å². The Labute approximate surface area is 176 Å². The topological polar surface area (TPSA) is 12.0 Å². The summed E-state index contributed by atoms with van der Waals surface area (Å²) in [7, 11) is 0. The van der Waals surface area contributed by atoms with Crippen LogP contribution in [0.3, 0.4) is 0 Å². The molecule has 3 aromatic rings. The van der Waals surface area contributed by atoms with Gasteiger partial charge in [-0.1, -0.05) is 92.3 Å². The molecule has 0 bridgehead atoms. The minimum atomic E-state index is 0.0770. The Kier molecular flexibility index (Phi) is 4.12. The first-order chi connectivity index (χ1) is 13.4. The number of thiocarbonyl (C=S) groups is 1. The summed E-state index contributed by atoms with van der Waals surface area (Å²) < 4.78 is 0. The van der Waals surface area contributed by atoms with E-state index in [0.29, 0.717) is 0 Å². The standard InChI is InChI=1S/C25H22ClNS/c1-25(2)13-20-23(21(28)14-25)22(17-9-5-6-10-19(17)26)18-12-11-15-7-3-4-8-16(15)24(18)27-20/h3-12,22,27H,13-14H2,1-2H3. The maximum Gasteiger partial charge on any atom is 0.0503 e. The van der Waals surface area contributed by atoms with Crippen LogP contribution in [0.15, 0.2) is 71.9 Å². The molecule has 1 aliphatic carbocycles. The lowest BCUT2D eigenvalue weighted by molar-refractivity contribution is 0.371. The summed E-state index contributed by atoms with van der Waals surface area (Å²) in [5.41, 5.74) is 6.27. The van der Waals surface area contributed by atoms with Crippen molar-refractivity contribution in [3.05, 3.63) is 88.1 Å². The molecule has 1 N–H and O–H groups in total. The summed E-state index contributed by atoms with van der Waals surface area (Å²) >= 11 is 12.6. The molecule has 1 atom stereocenters. The van der Waals surface area contributed by atoms with Crippen LogP contribution in [0.4, 0.5) is 5.69 Å². The molecule has 2 aliphatic rings. The van der Waals surface area contributed by atoms with E-state index in [0.717, 1.165) is 28.3 Å². The number of nitrogens with one attached hydrogen (secondary N) is 1. The quantitative estimate of drug-likeness (QED) is 0.422. The number of rotatable bonds is 1. The highest BCUT2D eigenvalue weighted by atomic mass is 35.5. The molecule has 1 nitrogen and oxygen atoms in total. The van der Waals surface area contributed by atoms with Crippen molar-refractivity contribution in [2.75, 3.05) is 5.32 Å². The van der Waals surface area contributed by atoms with Crippen LogP contribution in [0.2, 0.25) is 5.02 Å². The van der Waals surface area contributed by atoms with E-state index in [4.69, 9.17) is 23.8 Å². The fourth-order valence-electron chi connectivity index (χ4n) is 4.79. The van der Waals surface area contributed by atoms with Gasteiger partial charge in [0.25, 0.3) is 0 Å². The summed E-state index contributed by atoms with van der Waals surface area (Å²) in [5.74, 6) is 0.0770. The minimum Gasteiger partial charge on any atom is -0.358 e. The zero-order valence-electron chi connectivity index (χ0n) is 16.1. The summed E-state index contributed by atoms with van der Waals surface area (Å²) in [6.07, 6.45) is 1.93. The van der Waals surface area contributed by atoms with Gasteiger partial charge < -0.3 is 5.32 Å². The smallest absolute Gasteiger partial charge is 0.0503 e. The highest BCUT2D eigenvalue weighted by molar-refractivity contribution is 7.80. The molecule has 0 saturated heterocycles. The van der Waals surface area contributed by atoms with Gasteiger partial charge in [0.1, 0.15) is 0 Å². The van der Waals surface area contributed by atoms with Gasteiger partial charge in [0, 0.05) is 26.9 Å². The molecule has 0 aromatic heterocycles. The van der Waals surface area contributed by atoms with Crippen molar-refractivity contribution in [3.8, 4) is 0 Å². The van der Waals surface area contributed by atoms with Gasteiger partial charge in [0.05, 0.1) is 5.69 Å². The van der Waals surface area contributed by atoms with Crippen LogP contribution < -0.4 is 5.32 Å². The number of hydrogen-bond donors (Lipinski definition) is 1. The Morgan fingerprint density at radius 1 is 0.929 bits per heavy atom. The van der Waals surface area contributed by atoms with Gasteiger partial charge in [-0.2, -0.15) is 0 Å². The molecule has 5 rings (SSSR count). The zero-order valence-corrected chi connectivity index (χ0v) is 17.6. The molecular formula is C25H22ClNS. The lowest BCUT2D eigenvalue weighted by Gasteiger charge is -2.41. The molecule has 0 amide bonds. The highest BCUT2D eigenvalue weighted by Gasteiger charge is 2.39. The van der Waals surface area contributed by atoms with Gasteiger partial charge in [-0.3, -0.25) is 0 Å². The van der Waals surface area contributed by atoms with Gasteiger partial charge >= 0.3 is 0 Å². The van der Waals surface area contributed by atoms with Crippen molar-refractivity contribution in [3.63, 3.8) is 0 Å². The van der Waals surface area contributed by atoms with Crippen LogP contribution in [0.5, 0.6) is 0 Å². The first-order valence-electron chi connectivity index (χ1n) is 9.74. The van der Waals surface area contributed by atoms with Gasteiger partial charge in [-0.15, -0.1) is 0 Å². The first-order valence-corrected chi connectivity index (χ1v) is 10.5. The number of fused-ring (bicyclic) bond motifs is 3. The summed E-state index contributed by atoms with van der Waals surface area (Å²) in [5, 5.41) is 7.09. The van der Waals surface area contributed by atoms with E-state index < -0.39 is 0 Å². The normalized spacial score (nSPS) is 20.5. The van der Waals surface area contributed by atoms with E-state index >= 15 is 0 Å². The predicted molar refractivity (Wildman–Crippen MR) is 124 cm³/mol. The molecule has 1 unspecified atom stereocenters. The van der Waals surface area contributed by atoms with Crippen LogP contribution in [0, 0.1) is 5.41 Å². The molecule has 28 heavy (non-hydrogen) atoms. The van der Waals surface area contributed by atoms with Crippen molar-refractivity contribution in [2.24, 2.45) is 5.41 Å². The Morgan fingerprint density at radius 3 is 2.50 bits per heavy atom. The van der Waals surface area contributed by atoms with E-state index in [-0.39, 0.29) is 11.3 Å². The SMILES string of the molecule is CC1(C)CC(=S)C2=C(C1)Nc1c(ccc3ccccc13)C2c1ccccc1Cl. The van der Waals surface area contributed by atoms with Crippen LogP contribution in [0.25, 0.3) is 10.8 Å². The average molecular weight is 404 g/mol. The molecule has 1 aliphatic heterocycles. The Morgan fingerprint density at radius 2 is 1.68 bits per heavy atom. The summed E-state index contributed by atoms with van der Waals surface area (Å²) in [4.78, 5) is 1.06. The van der Waals surface area contributed by atoms with E-state index in [9.17, 15) is 0 Å². The van der Waals surface area contributed by atoms with Crippen LogP contribution >= 0.6 is 23.8 Å². The van der Waals surface area contributed by atoms with Gasteiger partial charge in [-0.25, -0.2) is 0 Å². The molecular weight excluding hydrogens is 382 g/mol. The molecule has 3 heteroatoms. The second-order valence-corrected chi connectivity index (χ2v) is 9.56. The summed E-state index contributed by atoms with van der Waals surface area (Å²) in [6, 6.07) is 21.2. The Balaban J connectivity index is 1.82. The minimum absolute atomic E-state index is 0.0770. The second-order valence-electron chi connectivity index (χ2n) is 8.66. The van der Waals surface area contributed by atoms with Gasteiger partial charge in [0.2, 0.25) is 0 Å². The largest absolute Gasteiger partial charge is 0.358 e. The van der Waals surface area contributed by atoms with Crippen molar-refractivity contribution in [1.29, 1.82) is 0 Å². The lowest BCUT2D eigenvalue weighted by atomic mass is 9.69. The van der Waals surface area contributed by atoms with Crippen molar-refractivity contribution in [1.82, 2.24) is 0 Å². The summed E-state index contributed by atoms with van der Waals surface area (Å²) in [6.45, 7) is 4.60. The first kappa shape index (κ1) is 17.9. The highest BCUT2D eigenvalue weighted by Crippen LogP contribution is 2.51. The van der Waals surface area contributed by atoms with Gasteiger partial charge in [0.15, 0.2) is 0 Å². The zero-order chi connectivity index (χ0) is 19.5. The molecule has 0 radical (unpaired) electrons. The molecule has 1 heterocycles. The average Bonchev–Trinajstić information content (AvgIpc) is 2.66. The van der Waals surface area contributed by atoms with Crippen molar-refractivity contribution < 1.29 is 0 Å². The lowest BCUT2D eigenvalue weighted by Crippen LogP contribution is -2.33. The third-order valence-corrected chi connectivity index (χ3v) is 6.68. The number of anilines is 1.